The van der Waals surface area contributed by atoms with Gasteiger partial charge in [0.25, 0.3) is 0 Å². The standard InChI is InChI=1S/C19H22N2O3/c1-3-17(2)23-14-7-6-13(10-15(14)24-17)21-16(22)19(12-20)11-18(19)8-4-5-9-18/h6-7,10H,3-5,8-9,11H2,1-2H3,(H,21,22). The Kier molecular flexibility index (Phi) is 3.12. The minimum atomic E-state index is -0.849. The van der Waals surface area contributed by atoms with E-state index >= 15 is 0 Å². The Labute approximate surface area is 141 Å². The van der Waals surface area contributed by atoms with Crippen LogP contribution >= 0.6 is 0 Å². The fourth-order valence-corrected chi connectivity index (χ4v) is 4.27. The van der Waals surface area contributed by atoms with Crippen LogP contribution < -0.4 is 14.8 Å². The molecule has 2 aliphatic carbocycles. The third-order valence-corrected chi connectivity index (χ3v) is 6.02. The minimum Gasteiger partial charge on any atom is -0.449 e. The molecule has 2 saturated carbocycles. The van der Waals surface area contributed by atoms with Crippen molar-refractivity contribution in [2.24, 2.45) is 10.8 Å². The minimum absolute atomic E-state index is 0.0804. The topological polar surface area (TPSA) is 71.3 Å². The molecule has 2 atom stereocenters. The van der Waals surface area contributed by atoms with Crippen LogP contribution in [0.2, 0.25) is 0 Å². The number of ether oxygens (including phenoxy) is 2. The van der Waals surface area contributed by atoms with Crippen molar-refractivity contribution in [2.45, 2.75) is 58.2 Å². The van der Waals surface area contributed by atoms with Gasteiger partial charge in [-0.25, -0.2) is 0 Å². The smallest absolute Gasteiger partial charge is 0.248 e. The predicted molar refractivity (Wildman–Crippen MR) is 88.6 cm³/mol. The molecular weight excluding hydrogens is 304 g/mol. The highest BCUT2D eigenvalue weighted by atomic mass is 16.7. The van der Waals surface area contributed by atoms with Crippen LogP contribution in [0, 0.1) is 22.2 Å². The number of nitrogens with one attached hydrogen (secondary N) is 1. The highest BCUT2D eigenvalue weighted by Crippen LogP contribution is 2.71. The van der Waals surface area contributed by atoms with Crippen LogP contribution in [0.1, 0.15) is 52.4 Å². The van der Waals surface area contributed by atoms with Gasteiger partial charge in [-0.15, -0.1) is 0 Å². The van der Waals surface area contributed by atoms with Crippen molar-refractivity contribution in [3.05, 3.63) is 18.2 Å². The number of hydrogen-bond donors (Lipinski definition) is 1. The third kappa shape index (κ3) is 2.02. The average Bonchev–Trinajstić information content (AvgIpc) is 2.84. The van der Waals surface area contributed by atoms with Gasteiger partial charge < -0.3 is 14.8 Å². The van der Waals surface area contributed by atoms with Crippen molar-refractivity contribution in [1.29, 1.82) is 5.26 Å². The third-order valence-electron chi connectivity index (χ3n) is 6.02. The fourth-order valence-electron chi connectivity index (χ4n) is 4.27. The van der Waals surface area contributed by atoms with Gasteiger partial charge >= 0.3 is 0 Å². The van der Waals surface area contributed by atoms with E-state index < -0.39 is 11.2 Å². The maximum Gasteiger partial charge on any atom is 0.248 e. The number of rotatable bonds is 3. The van der Waals surface area contributed by atoms with Crippen LogP contribution in [-0.4, -0.2) is 11.7 Å². The van der Waals surface area contributed by atoms with Gasteiger partial charge in [0, 0.05) is 30.5 Å². The van der Waals surface area contributed by atoms with Crippen molar-refractivity contribution in [1.82, 2.24) is 0 Å². The summed E-state index contributed by atoms with van der Waals surface area (Å²) >= 11 is 0. The first-order chi connectivity index (χ1) is 11.5. The molecule has 0 saturated heterocycles. The van der Waals surface area contributed by atoms with Crippen LogP contribution in [-0.2, 0) is 4.79 Å². The van der Waals surface area contributed by atoms with Crippen molar-refractivity contribution in [3.63, 3.8) is 0 Å². The largest absolute Gasteiger partial charge is 0.449 e. The lowest BCUT2D eigenvalue weighted by Crippen LogP contribution is -2.33. The molecule has 0 radical (unpaired) electrons. The summed E-state index contributed by atoms with van der Waals surface area (Å²) in [5.41, 5.74) is -0.279. The number of benzene rings is 1. The van der Waals surface area contributed by atoms with Gasteiger partial charge in [-0.2, -0.15) is 5.26 Å². The first-order valence-corrected chi connectivity index (χ1v) is 8.71. The molecular formula is C19H22N2O3. The lowest BCUT2D eigenvalue weighted by molar-refractivity contribution is -0.120. The zero-order valence-corrected chi connectivity index (χ0v) is 14.1. The van der Waals surface area contributed by atoms with Crippen LogP contribution in [0.3, 0.4) is 0 Å². The SMILES string of the molecule is CCC1(C)Oc2ccc(NC(=O)C3(C#N)CC34CCCC4)cc2O1. The van der Waals surface area contributed by atoms with Crippen molar-refractivity contribution < 1.29 is 14.3 Å². The zero-order chi connectivity index (χ0) is 17.0. The number of nitriles is 1. The molecule has 1 aliphatic heterocycles. The maximum atomic E-state index is 12.8. The quantitative estimate of drug-likeness (QED) is 0.911. The molecule has 1 aromatic carbocycles. The van der Waals surface area contributed by atoms with Gasteiger partial charge in [-0.05, 0) is 31.4 Å². The van der Waals surface area contributed by atoms with Crippen LogP contribution in [0.5, 0.6) is 11.5 Å². The van der Waals surface area contributed by atoms with Gasteiger partial charge in [0.05, 0.1) is 6.07 Å². The molecule has 0 aromatic heterocycles. The number of anilines is 1. The molecule has 4 rings (SSSR count). The van der Waals surface area contributed by atoms with Crippen molar-refractivity contribution >= 4 is 11.6 Å². The lowest BCUT2D eigenvalue weighted by atomic mass is 9.91. The molecule has 126 valence electrons. The Balaban J connectivity index is 1.52. The van der Waals surface area contributed by atoms with E-state index in [2.05, 4.69) is 11.4 Å². The molecule has 24 heavy (non-hydrogen) atoms. The molecule has 0 bridgehead atoms. The van der Waals surface area contributed by atoms with Gasteiger partial charge in [0.1, 0.15) is 5.41 Å². The number of carbonyl (C=O) groups excluding carboxylic acids is 1. The highest BCUT2D eigenvalue weighted by Gasteiger charge is 2.72. The van der Waals surface area contributed by atoms with Gasteiger partial charge in [-0.1, -0.05) is 19.8 Å². The Morgan fingerprint density at radius 2 is 2.00 bits per heavy atom. The molecule has 5 nitrogen and oxygen atoms in total. The van der Waals surface area contributed by atoms with Gasteiger partial charge in [0.2, 0.25) is 11.7 Å². The monoisotopic (exact) mass is 326 g/mol. The van der Waals surface area contributed by atoms with Gasteiger partial charge in [-0.3, -0.25) is 4.79 Å². The second-order valence-electron chi connectivity index (χ2n) is 7.49. The van der Waals surface area contributed by atoms with E-state index in [1.165, 1.54) is 0 Å². The average molecular weight is 326 g/mol. The van der Waals surface area contributed by atoms with E-state index in [4.69, 9.17) is 9.47 Å². The summed E-state index contributed by atoms with van der Waals surface area (Å²) in [7, 11) is 0. The summed E-state index contributed by atoms with van der Waals surface area (Å²) in [6.07, 6.45) is 5.64. The summed E-state index contributed by atoms with van der Waals surface area (Å²) in [6.45, 7) is 3.89. The molecule has 1 aromatic rings. The first kappa shape index (κ1) is 15.3. The normalized spacial score (nSPS) is 31.7. The van der Waals surface area contributed by atoms with Gasteiger partial charge in [0.15, 0.2) is 11.5 Å². The van der Waals surface area contributed by atoms with E-state index in [0.29, 0.717) is 23.6 Å². The number of carbonyl (C=O) groups is 1. The fraction of sp³-hybridized carbons (Fsp3) is 0.579. The molecule has 1 spiro atoms. The molecule has 3 aliphatic rings. The zero-order valence-electron chi connectivity index (χ0n) is 14.1. The molecule has 1 N–H and O–H groups in total. The van der Waals surface area contributed by atoms with E-state index in [9.17, 15) is 10.1 Å². The first-order valence-electron chi connectivity index (χ1n) is 8.71. The Bertz CT molecular complexity index is 747. The van der Waals surface area contributed by atoms with Crippen molar-refractivity contribution in [2.75, 3.05) is 5.32 Å². The second-order valence-corrected chi connectivity index (χ2v) is 7.49. The van der Waals surface area contributed by atoms with E-state index in [-0.39, 0.29) is 11.3 Å². The van der Waals surface area contributed by atoms with Crippen LogP contribution in [0.4, 0.5) is 5.69 Å². The molecule has 1 heterocycles. The maximum absolute atomic E-state index is 12.8. The number of nitrogens with zero attached hydrogens (tertiary/aromatic N) is 1. The molecule has 2 fully saturated rings. The Hall–Kier alpha value is -2.22. The van der Waals surface area contributed by atoms with Crippen LogP contribution in [0.25, 0.3) is 0 Å². The van der Waals surface area contributed by atoms with E-state index in [1.807, 2.05) is 19.9 Å². The summed E-state index contributed by atoms with van der Waals surface area (Å²) < 4.78 is 11.6. The lowest BCUT2D eigenvalue weighted by Gasteiger charge is -2.20. The summed E-state index contributed by atoms with van der Waals surface area (Å²) in [5, 5.41) is 12.6. The second kappa shape index (κ2) is 4.89. The number of fused-ring (bicyclic) bond motifs is 1. The summed E-state index contributed by atoms with van der Waals surface area (Å²) in [4.78, 5) is 12.8. The van der Waals surface area contributed by atoms with E-state index in [1.54, 1.807) is 12.1 Å². The molecule has 5 heteroatoms. The highest BCUT2D eigenvalue weighted by molar-refractivity contribution is 6.00. The number of hydrogen-bond acceptors (Lipinski definition) is 4. The van der Waals surface area contributed by atoms with Crippen molar-refractivity contribution in [3.8, 4) is 17.6 Å². The van der Waals surface area contributed by atoms with Crippen LogP contribution in [0.15, 0.2) is 18.2 Å². The Morgan fingerprint density at radius 1 is 1.29 bits per heavy atom. The predicted octanol–water partition coefficient (Wildman–Crippen LogP) is 4.00. The summed E-state index contributed by atoms with van der Waals surface area (Å²) in [6, 6.07) is 7.70. The number of amides is 1. The summed E-state index contributed by atoms with van der Waals surface area (Å²) in [5.74, 6) is 0.494. The Morgan fingerprint density at radius 3 is 2.67 bits per heavy atom. The molecule has 2 unspecified atom stereocenters. The molecule has 1 amide bonds. The van der Waals surface area contributed by atoms with E-state index in [0.717, 1.165) is 32.1 Å².